The Morgan fingerprint density at radius 2 is 1.68 bits per heavy atom. The molecule has 0 spiro atoms. The lowest BCUT2D eigenvalue weighted by Gasteiger charge is -2.35. The molecule has 0 aromatic heterocycles. The summed E-state index contributed by atoms with van der Waals surface area (Å²) in [5.74, 6) is -0.766. The first-order chi connectivity index (χ1) is 14.3. The lowest BCUT2D eigenvalue weighted by Crippen LogP contribution is -2.51. The van der Waals surface area contributed by atoms with Crippen LogP contribution in [0.1, 0.15) is 39.2 Å². The molecule has 0 aliphatic carbocycles. The Morgan fingerprint density at radius 3 is 2.19 bits per heavy atom. The highest BCUT2D eigenvalue weighted by Gasteiger charge is 2.38. The van der Waals surface area contributed by atoms with Crippen LogP contribution in [0.3, 0.4) is 0 Å². The van der Waals surface area contributed by atoms with E-state index in [-0.39, 0.29) is 31.0 Å². The van der Waals surface area contributed by atoms with Crippen LogP contribution in [-0.4, -0.2) is 62.3 Å². The Kier molecular flexibility index (Phi) is 7.75. The summed E-state index contributed by atoms with van der Waals surface area (Å²) in [4.78, 5) is 27.3. The molecule has 11 heteroatoms. The first-order valence-corrected chi connectivity index (χ1v) is 11.5. The lowest BCUT2D eigenvalue weighted by atomic mass is 9.94. The molecule has 0 bridgehead atoms. The number of hydrogen-bond acceptors (Lipinski definition) is 4. The maximum absolute atomic E-state index is 13.2. The van der Waals surface area contributed by atoms with Crippen molar-refractivity contribution >= 4 is 21.8 Å². The summed E-state index contributed by atoms with van der Waals surface area (Å²) in [6.07, 6.45) is -3.97. The van der Waals surface area contributed by atoms with E-state index in [4.69, 9.17) is 0 Å². The Hall–Kier alpha value is -2.14. The number of hydrogen-bond donors (Lipinski definition) is 1. The summed E-state index contributed by atoms with van der Waals surface area (Å²) < 4.78 is 66.7. The minimum atomic E-state index is -4.85. The standard InChI is InChI=1S/C20H28F3N3O4S/c1-13(2)25(4)19(28)15-9-11-26(12-10-15)18(27)14(3)24-31(29,30)17-8-6-5-7-16(17)20(21,22)23/h5-8,13-15,24H,9-12H2,1-4H3/t14-/m0/s1. The fourth-order valence-electron chi connectivity index (χ4n) is 3.44. The van der Waals surface area contributed by atoms with E-state index in [1.54, 1.807) is 11.9 Å². The highest BCUT2D eigenvalue weighted by molar-refractivity contribution is 7.89. The topological polar surface area (TPSA) is 86.8 Å². The van der Waals surface area contributed by atoms with Crippen molar-refractivity contribution in [2.45, 2.75) is 56.8 Å². The first kappa shape index (κ1) is 25.1. The zero-order valence-corrected chi connectivity index (χ0v) is 18.8. The van der Waals surface area contributed by atoms with Crippen LogP contribution in [0, 0.1) is 5.92 Å². The van der Waals surface area contributed by atoms with Crippen LogP contribution < -0.4 is 4.72 Å². The molecule has 2 amide bonds. The van der Waals surface area contributed by atoms with Gasteiger partial charge in [0.1, 0.15) is 0 Å². The number of amides is 2. The number of rotatable bonds is 6. The minimum absolute atomic E-state index is 0.000363. The van der Waals surface area contributed by atoms with Crippen molar-refractivity contribution in [1.82, 2.24) is 14.5 Å². The molecular weight excluding hydrogens is 435 g/mol. The van der Waals surface area contributed by atoms with Gasteiger partial charge in [0, 0.05) is 32.1 Å². The minimum Gasteiger partial charge on any atom is -0.343 e. The second kappa shape index (κ2) is 9.56. The van der Waals surface area contributed by atoms with Crippen molar-refractivity contribution in [2.75, 3.05) is 20.1 Å². The Bertz CT molecular complexity index is 910. The zero-order chi connectivity index (χ0) is 23.6. The van der Waals surface area contributed by atoms with E-state index < -0.39 is 38.6 Å². The third kappa shape index (κ3) is 5.97. The molecule has 1 aromatic carbocycles. The number of sulfonamides is 1. The van der Waals surface area contributed by atoms with E-state index in [1.165, 1.54) is 17.9 Å². The van der Waals surface area contributed by atoms with Crippen LogP contribution in [0.25, 0.3) is 0 Å². The quantitative estimate of drug-likeness (QED) is 0.702. The van der Waals surface area contributed by atoms with Crippen LogP contribution in [-0.2, 0) is 25.8 Å². The second-order valence-electron chi connectivity index (χ2n) is 7.98. The molecule has 1 fully saturated rings. The number of benzene rings is 1. The summed E-state index contributed by atoms with van der Waals surface area (Å²) in [7, 11) is -2.86. The summed E-state index contributed by atoms with van der Waals surface area (Å²) in [6, 6.07) is 2.62. The molecule has 1 saturated heterocycles. The van der Waals surface area contributed by atoms with Crippen molar-refractivity contribution < 1.29 is 31.2 Å². The average molecular weight is 464 g/mol. The number of carbonyl (C=O) groups excluding carboxylic acids is 2. The van der Waals surface area contributed by atoms with E-state index in [0.29, 0.717) is 18.9 Å². The summed E-state index contributed by atoms with van der Waals surface area (Å²) >= 11 is 0. The molecule has 0 unspecified atom stereocenters. The van der Waals surface area contributed by atoms with Gasteiger partial charge in [0.05, 0.1) is 16.5 Å². The molecule has 7 nitrogen and oxygen atoms in total. The fourth-order valence-corrected chi connectivity index (χ4v) is 4.87. The number of carbonyl (C=O) groups is 2. The van der Waals surface area contributed by atoms with Gasteiger partial charge in [-0.1, -0.05) is 12.1 Å². The van der Waals surface area contributed by atoms with Crippen molar-refractivity contribution in [1.29, 1.82) is 0 Å². The highest BCUT2D eigenvalue weighted by Crippen LogP contribution is 2.34. The molecule has 174 valence electrons. The monoisotopic (exact) mass is 463 g/mol. The molecule has 1 aliphatic heterocycles. The number of nitrogens with zero attached hydrogens (tertiary/aromatic N) is 2. The van der Waals surface area contributed by atoms with Crippen molar-refractivity contribution in [3.8, 4) is 0 Å². The Labute approximate surface area is 180 Å². The van der Waals surface area contributed by atoms with Crippen molar-refractivity contribution in [3.63, 3.8) is 0 Å². The molecule has 0 saturated carbocycles. The summed E-state index contributed by atoms with van der Waals surface area (Å²) in [5, 5.41) is 0. The predicted molar refractivity (Wildman–Crippen MR) is 108 cm³/mol. The molecule has 1 heterocycles. The normalized spacial score (nSPS) is 17.0. The SMILES string of the molecule is CC(C)N(C)C(=O)C1CCN(C(=O)[C@H](C)NS(=O)(=O)c2ccccc2C(F)(F)F)CC1. The summed E-state index contributed by atoms with van der Waals surface area (Å²) in [6.45, 7) is 5.64. The van der Waals surface area contributed by atoms with Crippen molar-refractivity contribution in [3.05, 3.63) is 29.8 Å². The largest absolute Gasteiger partial charge is 0.417 e. The van der Waals surface area contributed by atoms with Crippen LogP contribution >= 0.6 is 0 Å². The number of likely N-dealkylation sites (tertiary alicyclic amines) is 1. The van der Waals surface area contributed by atoms with Crippen LogP contribution in [0.5, 0.6) is 0 Å². The van der Waals surface area contributed by atoms with E-state index in [9.17, 15) is 31.2 Å². The smallest absolute Gasteiger partial charge is 0.343 e. The van der Waals surface area contributed by atoms with Gasteiger partial charge < -0.3 is 9.80 Å². The molecule has 2 rings (SSSR count). The molecule has 1 N–H and O–H groups in total. The van der Waals surface area contributed by atoms with Crippen LogP contribution in [0.2, 0.25) is 0 Å². The van der Waals surface area contributed by atoms with Gasteiger partial charge in [0.2, 0.25) is 21.8 Å². The second-order valence-corrected chi connectivity index (χ2v) is 9.66. The van der Waals surface area contributed by atoms with Gasteiger partial charge in [-0.25, -0.2) is 8.42 Å². The number of halogens is 3. The molecule has 0 radical (unpaired) electrons. The third-order valence-corrected chi connectivity index (χ3v) is 7.06. The van der Waals surface area contributed by atoms with Gasteiger partial charge in [-0.05, 0) is 45.7 Å². The average Bonchev–Trinajstić information content (AvgIpc) is 2.71. The first-order valence-electron chi connectivity index (χ1n) is 9.99. The molecule has 1 aliphatic rings. The third-order valence-electron chi connectivity index (χ3n) is 5.46. The maximum atomic E-state index is 13.2. The Balaban J connectivity index is 2.05. The summed E-state index contributed by atoms with van der Waals surface area (Å²) in [5.41, 5.74) is -1.30. The van der Waals surface area contributed by atoms with E-state index >= 15 is 0 Å². The molecular formula is C20H28F3N3O4S. The molecule has 1 atom stereocenters. The van der Waals surface area contributed by atoms with Gasteiger partial charge in [0.15, 0.2) is 0 Å². The highest BCUT2D eigenvalue weighted by atomic mass is 32.2. The molecule has 31 heavy (non-hydrogen) atoms. The van der Waals surface area contributed by atoms with Gasteiger partial charge in [-0.3, -0.25) is 9.59 Å². The van der Waals surface area contributed by atoms with Gasteiger partial charge in [-0.15, -0.1) is 0 Å². The van der Waals surface area contributed by atoms with E-state index in [2.05, 4.69) is 4.72 Å². The number of nitrogens with one attached hydrogen (secondary N) is 1. The predicted octanol–water partition coefficient (Wildman–Crippen LogP) is 2.48. The Morgan fingerprint density at radius 1 is 1.13 bits per heavy atom. The fraction of sp³-hybridized carbons (Fsp3) is 0.600. The number of alkyl halides is 3. The van der Waals surface area contributed by atoms with E-state index in [0.717, 1.165) is 12.1 Å². The van der Waals surface area contributed by atoms with Gasteiger partial charge in [-0.2, -0.15) is 17.9 Å². The van der Waals surface area contributed by atoms with Crippen molar-refractivity contribution in [2.24, 2.45) is 5.92 Å². The molecule has 1 aromatic rings. The van der Waals surface area contributed by atoms with Crippen LogP contribution in [0.15, 0.2) is 29.2 Å². The van der Waals surface area contributed by atoms with Gasteiger partial charge in [0.25, 0.3) is 0 Å². The van der Waals surface area contributed by atoms with E-state index in [1.807, 2.05) is 13.8 Å². The van der Waals surface area contributed by atoms with Gasteiger partial charge >= 0.3 is 6.18 Å². The maximum Gasteiger partial charge on any atom is 0.417 e. The lowest BCUT2D eigenvalue weighted by molar-refractivity contribution is -0.141. The number of piperidine rings is 1. The zero-order valence-electron chi connectivity index (χ0n) is 17.9. The van der Waals surface area contributed by atoms with Crippen LogP contribution in [0.4, 0.5) is 13.2 Å².